The normalized spacial score (nSPS) is 11.4. The smallest absolute Gasteiger partial charge is 0.144 e. The van der Waals surface area contributed by atoms with Gasteiger partial charge in [0, 0.05) is 37.2 Å². The number of rotatable bonds is 7. The Morgan fingerprint density at radius 1 is 0.964 bits per heavy atom. The van der Waals surface area contributed by atoms with Crippen LogP contribution >= 0.6 is 0 Å². The molecule has 148 valence electrons. The van der Waals surface area contributed by atoms with E-state index in [4.69, 9.17) is 4.98 Å². The lowest BCUT2D eigenvalue weighted by atomic mass is 9.92. The SMILES string of the molecule is CCCN(C)c1cccc(-c2nccn2-c2c(C(C)C)cccc2C(C)C)c1. The van der Waals surface area contributed by atoms with Crippen molar-refractivity contribution in [3.05, 3.63) is 66.0 Å². The van der Waals surface area contributed by atoms with E-state index in [1.165, 1.54) is 22.5 Å². The van der Waals surface area contributed by atoms with Crippen LogP contribution in [-0.2, 0) is 0 Å². The second-order valence-electron chi connectivity index (χ2n) is 8.19. The Morgan fingerprint density at radius 3 is 2.21 bits per heavy atom. The molecule has 3 aromatic rings. The molecule has 0 amide bonds. The highest BCUT2D eigenvalue weighted by atomic mass is 15.1. The summed E-state index contributed by atoms with van der Waals surface area (Å²) >= 11 is 0. The van der Waals surface area contributed by atoms with Gasteiger partial charge in [0.15, 0.2) is 0 Å². The molecule has 2 aromatic carbocycles. The lowest BCUT2D eigenvalue weighted by Gasteiger charge is -2.22. The van der Waals surface area contributed by atoms with Crippen molar-refractivity contribution in [2.45, 2.75) is 52.9 Å². The largest absolute Gasteiger partial charge is 0.375 e. The maximum Gasteiger partial charge on any atom is 0.144 e. The van der Waals surface area contributed by atoms with Gasteiger partial charge in [-0.1, -0.05) is 65.0 Å². The van der Waals surface area contributed by atoms with Gasteiger partial charge in [-0.05, 0) is 41.5 Å². The summed E-state index contributed by atoms with van der Waals surface area (Å²) in [4.78, 5) is 7.06. The molecule has 3 heteroatoms. The van der Waals surface area contributed by atoms with Gasteiger partial charge >= 0.3 is 0 Å². The number of imidazole rings is 1. The summed E-state index contributed by atoms with van der Waals surface area (Å²) in [6.07, 6.45) is 5.15. The van der Waals surface area contributed by atoms with Crippen molar-refractivity contribution >= 4 is 5.69 Å². The molecule has 1 heterocycles. The third kappa shape index (κ3) is 3.99. The molecule has 0 radical (unpaired) electrons. The topological polar surface area (TPSA) is 21.1 Å². The van der Waals surface area contributed by atoms with E-state index in [0.717, 1.165) is 24.4 Å². The number of aromatic nitrogens is 2. The number of anilines is 1. The molecule has 0 spiro atoms. The molecule has 1 aromatic heterocycles. The first-order valence-corrected chi connectivity index (χ1v) is 10.4. The van der Waals surface area contributed by atoms with Crippen LogP contribution in [0.1, 0.15) is 64.0 Å². The van der Waals surface area contributed by atoms with Crippen LogP contribution in [-0.4, -0.2) is 23.1 Å². The third-order valence-electron chi connectivity index (χ3n) is 5.33. The number of hydrogen-bond donors (Lipinski definition) is 0. The Labute approximate surface area is 170 Å². The van der Waals surface area contributed by atoms with E-state index >= 15 is 0 Å². The Balaban J connectivity index is 2.16. The molecular formula is C25H33N3. The van der Waals surface area contributed by atoms with Gasteiger partial charge in [0.25, 0.3) is 0 Å². The summed E-state index contributed by atoms with van der Waals surface area (Å²) in [7, 11) is 2.15. The monoisotopic (exact) mass is 375 g/mol. The fourth-order valence-corrected chi connectivity index (χ4v) is 3.83. The molecular weight excluding hydrogens is 342 g/mol. The minimum Gasteiger partial charge on any atom is -0.375 e. The van der Waals surface area contributed by atoms with Crippen LogP contribution in [0.25, 0.3) is 17.1 Å². The second kappa shape index (κ2) is 8.64. The van der Waals surface area contributed by atoms with Gasteiger partial charge in [0.1, 0.15) is 5.82 Å². The zero-order chi connectivity index (χ0) is 20.3. The molecule has 0 saturated heterocycles. The molecule has 0 aliphatic carbocycles. The first-order chi connectivity index (χ1) is 13.4. The van der Waals surface area contributed by atoms with Gasteiger partial charge in [0.05, 0.1) is 5.69 Å². The van der Waals surface area contributed by atoms with Crippen LogP contribution < -0.4 is 4.90 Å². The molecule has 0 bridgehead atoms. The Bertz CT molecular complexity index is 895. The maximum absolute atomic E-state index is 4.75. The van der Waals surface area contributed by atoms with E-state index in [9.17, 15) is 0 Å². The van der Waals surface area contributed by atoms with E-state index in [-0.39, 0.29) is 0 Å². The highest BCUT2D eigenvalue weighted by molar-refractivity contribution is 5.66. The molecule has 0 aliphatic rings. The van der Waals surface area contributed by atoms with Gasteiger partial charge in [-0.25, -0.2) is 4.98 Å². The Hall–Kier alpha value is -2.55. The van der Waals surface area contributed by atoms with E-state index in [1.54, 1.807) is 0 Å². The standard InChI is InChI=1S/C25H33N3/c1-7-15-27(6)21-11-8-10-20(17-21)25-26-14-16-28(25)24-22(18(2)3)12-9-13-23(24)19(4)5/h8-14,16-19H,7,15H2,1-6H3. The highest BCUT2D eigenvalue weighted by Crippen LogP contribution is 2.34. The first-order valence-electron chi connectivity index (χ1n) is 10.4. The number of nitrogens with zero attached hydrogens (tertiary/aromatic N) is 3. The fraction of sp³-hybridized carbons (Fsp3) is 0.400. The van der Waals surface area contributed by atoms with Gasteiger partial charge in [-0.15, -0.1) is 0 Å². The van der Waals surface area contributed by atoms with Gasteiger partial charge < -0.3 is 4.90 Å². The fourth-order valence-electron chi connectivity index (χ4n) is 3.83. The van der Waals surface area contributed by atoms with Crippen LogP contribution in [0, 0.1) is 0 Å². The van der Waals surface area contributed by atoms with E-state index in [1.807, 2.05) is 6.20 Å². The second-order valence-corrected chi connectivity index (χ2v) is 8.19. The van der Waals surface area contributed by atoms with Crippen molar-refractivity contribution in [1.82, 2.24) is 9.55 Å². The quantitative estimate of drug-likeness (QED) is 0.462. The summed E-state index contributed by atoms with van der Waals surface area (Å²) in [6.45, 7) is 12.3. The van der Waals surface area contributed by atoms with Crippen molar-refractivity contribution in [1.29, 1.82) is 0 Å². The van der Waals surface area contributed by atoms with Crippen LogP contribution in [0.2, 0.25) is 0 Å². The number of benzene rings is 2. The number of para-hydroxylation sites is 1. The van der Waals surface area contributed by atoms with Gasteiger partial charge in [0.2, 0.25) is 0 Å². The molecule has 0 saturated carbocycles. The van der Waals surface area contributed by atoms with Crippen molar-refractivity contribution in [3.63, 3.8) is 0 Å². The minimum atomic E-state index is 0.450. The van der Waals surface area contributed by atoms with Crippen molar-refractivity contribution in [2.24, 2.45) is 0 Å². The molecule has 28 heavy (non-hydrogen) atoms. The van der Waals surface area contributed by atoms with Crippen LogP contribution in [0.3, 0.4) is 0 Å². The third-order valence-corrected chi connectivity index (χ3v) is 5.33. The van der Waals surface area contributed by atoms with Gasteiger partial charge in [-0.2, -0.15) is 0 Å². The predicted octanol–water partition coefficient (Wildman–Crippen LogP) is 6.63. The van der Waals surface area contributed by atoms with Crippen LogP contribution in [0.15, 0.2) is 54.9 Å². The van der Waals surface area contributed by atoms with E-state index in [0.29, 0.717) is 11.8 Å². The summed E-state index contributed by atoms with van der Waals surface area (Å²) in [5.41, 5.74) is 6.40. The van der Waals surface area contributed by atoms with Crippen molar-refractivity contribution < 1.29 is 0 Å². The predicted molar refractivity (Wildman–Crippen MR) is 121 cm³/mol. The lowest BCUT2D eigenvalue weighted by Crippen LogP contribution is -2.17. The summed E-state index contributed by atoms with van der Waals surface area (Å²) < 4.78 is 2.28. The minimum absolute atomic E-state index is 0.450. The molecule has 0 N–H and O–H groups in total. The summed E-state index contributed by atoms with van der Waals surface area (Å²) in [6, 6.07) is 15.4. The van der Waals surface area contributed by atoms with Crippen molar-refractivity contribution in [2.75, 3.05) is 18.5 Å². The van der Waals surface area contributed by atoms with E-state index < -0.39 is 0 Å². The van der Waals surface area contributed by atoms with Gasteiger partial charge in [-0.3, -0.25) is 4.57 Å². The Kier molecular flexibility index (Phi) is 6.23. The molecule has 3 rings (SSSR count). The number of hydrogen-bond acceptors (Lipinski definition) is 2. The first kappa shape index (κ1) is 20.2. The van der Waals surface area contributed by atoms with Crippen LogP contribution in [0.4, 0.5) is 5.69 Å². The molecule has 0 aliphatic heterocycles. The molecule has 0 fully saturated rings. The average Bonchev–Trinajstić information content (AvgIpc) is 3.17. The maximum atomic E-state index is 4.75. The zero-order valence-electron chi connectivity index (χ0n) is 18.1. The molecule has 0 atom stereocenters. The van der Waals surface area contributed by atoms with Crippen molar-refractivity contribution in [3.8, 4) is 17.1 Å². The molecule has 3 nitrogen and oxygen atoms in total. The zero-order valence-corrected chi connectivity index (χ0v) is 18.1. The lowest BCUT2D eigenvalue weighted by molar-refractivity contribution is 0.806. The summed E-state index contributed by atoms with van der Waals surface area (Å²) in [5.74, 6) is 1.90. The summed E-state index contributed by atoms with van der Waals surface area (Å²) in [5, 5.41) is 0. The average molecular weight is 376 g/mol. The molecule has 0 unspecified atom stereocenters. The van der Waals surface area contributed by atoms with E-state index in [2.05, 4.69) is 99.8 Å². The highest BCUT2D eigenvalue weighted by Gasteiger charge is 2.18. The Morgan fingerprint density at radius 2 is 1.61 bits per heavy atom. The van der Waals surface area contributed by atoms with Crippen LogP contribution in [0.5, 0.6) is 0 Å².